The molecule has 1 aliphatic carbocycles. The Bertz CT molecular complexity index is 682. The molecule has 0 spiro atoms. The normalized spacial score (nSPS) is 24.4. The van der Waals surface area contributed by atoms with E-state index in [0.29, 0.717) is 38.2 Å². The maximum absolute atomic E-state index is 12.6. The molecule has 0 radical (unpaired) electrons. The summed E-state index contributed by atoms with van der Waals surface area (Å²) in [5.74, 6) is -0.105. The molecule has 5 nitrogen and oxygen atoms in total. The van der Waals surface area contributed by atoms with Gasteiger partial charge >= 0.3 is 6.09 Å². The van der Waals surface area contributed by atoms with Crippen molar-refractivity contribution in [3.8, 4) is 0 Å². The molecule has 1 saturated heterocycles. The van der Waals surface area contributed by atoms with Crippen LogP contribution in [0.5, 0.6) is 0 Å². The second-order valence-corrected chi connectivity index (χ2v) is 8.73. The summed E-state index contributed by atoms with van der Waals surface area (Å²) in [6.45, 7) is 13.3. The Morgan fingerprint density at radius 1 is 1.15 bits per heavy atom. The molecule has 0 aromatic heterocycles. The van der Waals surface area contributed by atoms with Gasteiger partial charge in [-0.3, -0.25) is 4.79 Å². The number of carbonyl (C=O) groups excluding carboxylic acids is 2. The van der Waals surface area contributed by atoms with Gasteiger partial charge in [0.1, 0.15) is 5.60 Å². The van der Waals surface area contributed by atoms with Gasteiger partial charge in [0.2, 0.25) is 5.91 Å². The highest BCUT2D eigenvalue weighted by Crippen LogP contribution is 2.40. The van der Waals surface area contributed by atoms with Crippen LogP contribution in [0.3, 0.4) is 0 Å². The minimum absolute atomic E-state index is 0.105. The van der Waals surface area contributed by atoms with E-state index in [0.717, 1.165) is 12.0 Å². The number of piperazine rings is 1. The van der Waals surface area contributed by atoms with Crippen molar-refractivity contribution in [3.63, 3.8) is 0 Å². The number of hydrogen-bond donors (Lipinski definition) is 0. The zero-order valence-corrected chi connectivity index (χ0v) is 17.0. The van der Waals surface area contributed by atoms with Gasteiger partial charge in [-0.15, -0.1) is 0 Å². The third-order valence-corrected chi connectivity index (χ3v) is 4.91. The molecule has 0 aromatic carbocycles. The van der Waals surface area contributed by atoms with Crippen LogP contribution in [0.4, 0.5) is 4.79 Å². The van der Waals surface area contributed by atoms with E-state index in [1.807, 2.05) is 27.7 Å². The average molecular weight is 365 g/mol. The van der Waals surface area contributed by atoms with Crippen LogP contribution in [0.1, 0.15) is 63.5 Å². The standard InChI is InChI=1S/C21H34N2O3/c1-16-8-7-11-21(5,6)17(16)9-10-18(24)22-12-14-23(15-13-22)19(25)26-20(2,3)4/h9-10H,7-8,11-15H2,1-6H3/i8D2. The average Bonchev–Trinajstić information content (AvgIpc) is 2.57. The summed E-state index contributed by atoms with van der Waals surface area (Å²) in [4.78, 5) is 28.1. The lowest BCUT2D eigenvalue weighted by Crippen LogP contribution is -2.51. The Kier molecular flexibility index (Phi) is 5.32. The van der Waals surface area contributed by atoms with Crippen molar-refractivity contribution in [2.75, 3.05) is 26.2 Å². The second kappa shape index (κ2) is 7.85. The van der Waals surface area contributed by atoms with Gasteiger partial charge in [-0.1, -0.05) is 25.5 Å². The minimum atomic E-state index is -1.32. The molecular formula is C21H34N2O3. The topological polar surface area (TPSA) is 49.9 Å². The molecule has 0 aromatic rings. The first-order valence-electron chi connectivity index (χ1n) is 10.4. The van der Waals surface area contributed by atoms with Gasteiger partial charge in [0.15, 0.2) is 0 Å². The van der Waals surface area contributed by atoms with E-state index in [9.17, 15) is 9.59 Å². The van der Waals surface area contributed by atoms with Crippen LogP contribution in [0.25, 0.3) is 0 Å². The van der Waals surface area contributed by atoms with E-state index in [1.54, 1.807) is 22.0 Å². The molecule has 26 heavy (non-hydrogen) atoms. The van der Waals surface area contributed by atoms with Crippen molar-refractivity contribution in [1.29, 1.82) is 0 Å². The quantitative estimate of drug-likeness (QED) is 0.692. The van der Waals surface area contributed by atoms with Gasteiger partial charge in [-0.25, -0.2) is 4.79 Å². The monoisotopic (exact) mass is 364 g/mol. The summed E-state index contributed by atoms with van der Waals surface area (Å²) in [6, 6.07) is 0. The Labute approximate surface area is 160 Å². The first-order chi connectivity index (χ1) is 12.7. The van der Waals surface area contributed by atoms with Crippen LogP contribution in [0.2, 0.25) is 0 Å². The smallest absolute Gasteiger partial charge is 0.410 e. The predicted octanol–water partition coefficient (Wildman–Crippen LogP) is 4.15. The zero-order chi connectivity index (χ0) is 21.3. The zero-order valence-electron chi connectivity index (χ0n) is 19.0. The maximum atomic E-state index is 12.6. The number of amides is 2. The van der Waals surface area contributed by atoms with Crippen molar-refractivity contribution >= 4 is 12.0 Å². The van der Waals surface area contributed by atoms with Crippen LogP contribution in [-0.2, 0) is 9.53 Å². The number of nitrogens with zero attached hydrogens (tertiary/aromatic N) is 2. The molecule has 2 aliphatic rings. The van der Waals surface area contributed by atoms with Gasteiger partial charge in [0.25, 0.3) is 0 Å². The van der Waals surface area contributed by atoms with E-state index in [4.69, 9.17) is 7.48 Å². The molecule has 1 aliphatic heterocycles. The lowest BCUT2D eigenvalue weighted by atomic mass is 9.72. The van der Waals surface area contributed by atoms with Gasteiger partial charge in [0.05, 0.1) is 0 Å². The van der Waals surface area contributed by atoms with Crippen LogP contribution in [0, 0.1) is 5.41 Å². The Balaban J connectivity index is 2.00. The van der Waals surface area contributed by atoms with Crippen LogP contribution < -0.4 is 0 Å². The van der Waals surface area contributed by atoms with E-state index < -0.39 is 12.0 Å². The molecule has 2 amide bonds. The fourth-order valence-corrected chi connectivity index (χ4v) is 3.35. The molecule has 1 fully saturated rings. The summed E-state index contributed by atoms with van der Waals surface area (Å²) in [7, 11) is 0. The molecule has 0 bridgehead atoms. The van der Waals surface area contributed by atoms with Crippen molar-refractivity contribution in [2.24, 2.45) is 5.41 Å². The van der Waals surface area contributed by atoms with E-state index in [1.165, 1.54) is 0 Å². The summed E-state index contributed by atoms with van der Waals surface area (Å²) in [6.07, 6.45) is 2.92. The first kappa shape index (κ1) is 17.6. The van der Waals surface area contributed by atoms with Crippen molar-refractivity contribution in [2.45, 2.75) is 66.4 Å². The molecule has 0 saturated carbocycles. The van der Waals surface area contributed by atoms with Gasteiger partial charge in [-0.05, 0) is 57.9 Å². The van der Waals surface area contributed by atoms with Crippen molar-refractivity contribution in [1.82, 2.24) is 9.80 Å². The molecule has 0 unspecified atom stereocenters. The van der Waals surface area contributed by atoms with E-state index in [-0.39, 0.29) is 17.4 Å². The molecular weight excluding hydrogens is 328 g/mol. The predicted molar refractivity (Wildman–Crippen MR) is 104 cm³/mol. The minimum Gasteiger partial charge on any atom is -0.444 e. The van der Waals surface area contributed by atoms with Gasteiger partial charge in [0, 0.05) is 35.0 Å². The number of ether oxygens (including phenoxy) is 1. The highest BCUT2D eigenvalue weighted by atomic mass is 16.6. The summed E-state index contributed by atoms with van der Waals surface area (Å²) in [5.41, 5.74) is 0.935. The highest BCUT2D eigenvalue weighted by Gasteiger charge is 2.28. The van der Waals surface area contributed by atoms with E-state index >= 15 is 0 Å². The number of carbonyl (C=O) groups is 2. The largest absolute Gasteiger partial charge is 0.444 e. The first-order valence-corrected chi connectivity index (χ1v) is 9.40. The Morgan fingerprint density at radius 3 is 2.31 bits per heavy atom. The molecule has 146 valence electrons. The Hall–Kier alpha value is -1.78. The van der Waals surface area contributed by atoms with Gasteiger partial charge in [-0.2, -0.15) is 0 Å². The summed E-state index contributed by atoms with van der Waals surface area (Å²) < 4.78 is 21.7. The number of hydrogen-bond acceptors (Lipinski definition) is 3. The van der Waals surface area contributed by atoms with E-state index in [2.05, 4.69) is 13.8 Å². The molecule has 1 heterocycles. The second-order valence-electron chi connectivity index (χ2n) is 8.73. The lowest BCUT2D eigenvalue weighted by molar-refractivity contribution is -0.127. The van der Waals surface area contributed by atoms with Crippen LogP contribution >= 0.6 is 0 Å². The molecule has 5 heteroatoms. The number of allylic oxidation sites excluding steroid dienone is 3. The van der Waals surface area contributed by atoms with Crippen molar-refractivity contribution in [3.05, 3.63) is 23.3 Å². The molecule has 0 atom stereocenters. The summed E-state index contributed by atoms with van der Waals surface area (Å²) >= 11 is 0. The fourth-order valence-electron chi connectivity index (χ4n) is 3.35. The summed E-state index contributed by atoms with van der Waals surface area (Å²) in [5, 5.41) is 0. The SMILES string of the molecule is [2H]C1([2H])CCC(C)(C)C(C=CC(=O)N2CCN(C(=O)OC(C)(C)C)CC2)=C1C. The van der Waals surface area contributed by atoms with Crippen LogP contribution in [0.15, 0.2) is 23.3 Å². The van der Waals surface area contributed by atoms with Crippen molar-refractivity contribution < 1.29 is 17.1 Å². The maximum Gasteiger partial charge on any atom is 0.410 e. The third kappa shape index (κ3) is 5.36. The fraction of sp³-hybridized carbons (Fsp3) is 0.714. The van der Waals surface area contributed by atoms with Gasteiger partial charge < -0.3 is 14.5 Å². The lowest BCUT2D eigenvalue weighted by Gasteiger charge is -2.35. The third-order valence-electron chi connectivity index (χ3n) is 4.91. The molecule has 2 rings (SSSR count). The highest BCUT2D eigenvalue weighted by molar-refractivity contribution is 5.88. The number of rotatable bonds is 2. The Morgan fingerprint density at radius 2 is 1.73 bits per heavy atom. The van der Waals surface area contributed by atoms with Crippen LogP contribution in [-0.4, -0.2) is 53.6 Å². The molecule has 0 N–H and O–H groups in total.